The zero-order chi connectivity index (χ0) is 15.5. The molecule has 1 aromatic carbocycles. The van der Waals surface area contributed by atoms with Gasteiger partial charge in [0.05, 0.1) is 10.2 Å². The van der Waals surface area contributed by atoms with Gasteiger partial charge in [0.1, 0.15) is 10.0 Å². The van der Waals surface area contributed by atoms with Crippen LogP contribution in [0.5, 0.6) is 0 Å². The van der Waals surface area contributed by atoms with Crippen LogP contribution in [0.3, 0.4) is 0 Å². The van der Waals surface area contributed by atoms with Crippen molar-refractivity contribution in [2.75, 3.05) is 11.3 Å². The zero-order valence-corrected chi connectivity index (χ0v) is 14.4. The topological polar surface area (TPSA) is 58.2 Å². The fourth-order valence-corrected chi connectivity index (χ4v) is 4.13. The summed E-state index contributed by atoms with van der Waals surface area (Å²) in [7, 11) is -3.69. The SMILES string of the molecule is CCNCc1csc(S(=O)(=O)Nc2ccc(Br)c(F)c2)c1. The predicted molar refractivity (Wildman–Crippen MR) is 86.6 cm³/mol. The van der Waals surface area contributed by atoms with Gasteiger partial charge < -0.3 is 5.32 Å². The van der Waals surface area contributed by atoms with E-state index in [9.17, 15) is 12.8 Å². The van der Waals surface area contributed by atoms with E-state index in [-0.39, 0.29) is 14.4 Å². The van der Waals surface area contributed by atoms with Crippen LogP contribution in [0, 0.1) is 5.82 Å². The number of anilines is 1. The summed E-state index contributed by atoms with van der Waals surface area (Å²) in [6.45, 7) is 3.41. The first-order valence-corrected chi connectivity index (χ1v) is 9.34. The Morgan fingerprint density at radius 3 is 2.76 bits per heavy atom. The van der Waals surface area contributed by atoms with Gasteiger partial charge in [-0.05, 0) is 57.7 Å². The minimum absolute atomic E-state index is 0.192. The van der Waals surface area contributed by atoms with Crippen LogP contribution in [0.25, 0.3) is 0 Å². The fourth-order valence-electron chi connectivity index (χ4n) is 1.62. The maximum Gasteiger partial charge on any atom is 0.271 e. The lowest BCUT2D eigenvalue weighted by molar-refractivity contribution is 0.602. The second-order valence-corrected chi connectivity index (χ2v) is 7.96. The van der Waals surface area contributed by atoms with E-state index in [1.54, 1.807) is 11.4 Å². The fraction of sp³-hybridized carbons (Fsp3) is 0.231. The molecule has 0 aliphatic rings. The van der Waals surface area contributed by atoms with Crippen LogP contribution in [0.15, 0.2) is 38.3 Å². The third-order valence-corrected chi connectivity index (χ3v) is 6.16. The maximum atomic E-state index is 13.4. The maximum absolute atomic E-state index is 13.4. The number of hydrogen-bond donors (Lipinski definition) is 2. The van der Waals surface area contributed by atoms with Gasteiger partial charge in [-0.25, -0.2) is 12.8 Å². The first-order chi connectivity index (χ1) is 9.92. The van der Waals surface area contributed by atoms with Gasteiger partial charge in [-0.3, -0.25) is 4.72 Å². The normalized spacial score (nSPS) is 11.6. The molecule has 0 fully saturated rings. The molecule has 2 rings (SSSR count). The second kappa shape index (κ2) is 6.87. The Labute approximate surface area is 135 Å². The molecule has 0 unspecified atom stereocenters. The van der Waals surface area contributed by atoms with Gasteiger partial charge in [0.2, 0.25) is 0 Å². The molecule has 0 radical (unpaired) electrons. The van der Waals surface area contributed by atoms with E-state index in [4.69, 9.17) is 0 Å². The number of sulfonamides is 1. The average molecular weight is 393 g/mol. The van der Waals surface area contributed by atoms with Crippen molar-refractivity contribution in [2.45, 2.75) is 17.7 Å². The monoisotopic (exact) mass is 392 g/mol. The predicted octanol–water partition coefficient (Wildman–Crippen LogP) is 3.56. The zero-order valence-electron chi connectivity index (χ0n) is 11.2. The van der Waals surface area contributed by atoms with E-state index in [0.29, 0.717) is 6.54 Å². The lowest BCUT2D eigenvalue weighted by Crippen LogP contribution is -2.12. The summed E-state index contributed by atoms with van der Waals surface area (Å²) in [5.74, 6) is -0.519. The van der Waals surface area contributed by atoms with Gasteiger partial charge in [0, 0.05) is 6.54 Å². The Bertz CT molecular complexity index is 732. The Morgan fingerprint density at radius 1 is 1.33 bits per heavy atom. The third kappa shape index (κ3) is 4.26. The average Bonchev–Trinajstić information content (AvgIpc) is 2.90. The number of rotatable bonds is 6. The van der Waals surface area contributed by atoms with Crippen molar-refractivity contribution >= 4 is 43.0 Å². The van der Waals surface area contributed by atoms with Crippen molar-refractivity contribution in [3.05, 3.63) is 45.5 Å². The molecule has 0 saturated heterocycles. The highest BCUT2D eigenvalue weighted by molar-refractivity contribution is 9.10. The van der Waals surface area contributed by atoms with Crippen LogP contribution in [0.4, 0.5) is 10.1 Å². The Kier molecular flexibility index (Phi) is 5.37. The molecule has 0 spiro atoms. The smallest absolute Gasteiger partial charge is 0.271 e. The third-order valence-electron chi connectivity index (χ3n) is 2.65. The summed E-state index contributed by atoms with van der Waals surface area (Å²) >= 11 is 4.16. The number of thiophene rings is 1. The standard InChI is InChI=1S/C13H14BrFN2O2S2/c1-2-16-7-9-5-13(20-8-9)21(18,19)17-10-3-4-11(14)12(15)6-10/h3-6,8,16-17H,2,7H2,1H3. The minimum atomic E-state index is -3.69. The number of benzene rings is 1. The van der Waals surface area contributed by atoms with Gasteiger partial charge in [-0.15, -0.1) is 11.3 Å². The van der Waals surface area contributed by atoms with Gasteiger partial charge >= 0.3 is 0 Å². The molecule has 1 heterocycles. The Hall–Kier alpha value is -0.960. The molecule has 0 bridgehead atoms. The van der Waals surface area contributed by atoms with E-state index < -0.39 is 15.8 Å². The highest BCUT2D eigenvalue weighted by Gasteiger charge is 2.17. The van der Waals surface area contributed by atoms with Gasteiger partial charge in [0.15, 0.2) is 0 Å². The van der Waals surface area contributed by atoms with Crippen molar-refractivity contribution in [2.24, 2.45) is 0 Å². The molecule has 0 aliphatic carbocycles. The summed E-state index contributed by atoms with van der Waals surface area (Å²) in [6, 6.07) is 5.70. The highest BCUT2D eigenvalue weighted by atomic mass is 79.9. The molecular weight excluding hydrogens is 379 g/mol. The second-order valence-electron chi connectivity index (χ2n) is 4.29. The van der Waals surface area contributed by atoms with Gasteiger partial charge in [0.25, 0.3) is 10.0 Å². The summed E-state index contributed by atoms with van der Waals surface area (Å²) in [5.41, 5.74) is 1.10. The molecule has 0 atom stereocenters. The van der Waals surface area contributed by atoms with Gasteiger partial charge in [-0.1, -0.05) is 6.92 Å². The van der Waals surface area contributed by atoms with Crippen molar-refractivity contribution in [1.82, 2.24) is 5.32 Å². The lowest BCUT2D eigenvalue weighted by atomic mass is 10.3. The van der Waals surface area contributed by atoms with Crippen LogP contribution in [-0.4, -0.2) is 15.0 Å². The van der Waals surface area contributed by atoms with Crippen molar-refractivity contribution in [3.63, 3.8) is 0 Å². The minimum Gasteiger partial charge on any atom is -0.313 e. The quantitative estimate of drug-likeness (QED) is 0.789. The summed E-state index contributed by atoms with van der Waals surface area (Å²) in [4.78, 5) is 0. The van der Waals surface area contributed by atoms with E-state index in [0.717, 1.165) is 29.5 Å². The molecule has 21 heavy (non-hydrogen) atoms. The lowest BCUT2D eigenvalue weighted by Gasteiger charge is -2.06. The van der Waals surface area contributed by atoms with Crippen LogP contribution < -0.4 is 10.0 Å². The molecule has 0 aliphatic heterocycles. The highest BCUT2D eigenvalue weighted by Crippen LogP contribution is 2.25. The van der Waals surface area contributed by atoms with Gasteiger partial charge in [-0.2, -0.15) is 0 Å². The van der Waals surface area contributed by atoms with E-state index in [1.807, 2.05) is 6.92 Å². The molecule has 0 amide bonds. The molecule has 2 aromatic rings. The van der Waals surface area contributed by atoms with Crippen LogP contribution in [-0.2, 0) is 16.6 Å². The van der Waals surface area contributed by atoms with Crippen molar-refractivity contribution < 1.29 is 12.8 Å². The largest absolute Gasteiger partial charge is 0.313 e. The van der Waals surface area contributed by atoms with Crippen molar-refractivity contribution in [1.29, 1.82) is 0 Å². The Morgan fingerprint density at radius 2 is 2.10 bits per heavy atom. The summed E-state index contributed by atoms with van der Waals surface area (Å²) < 4.78 is 40.7. The molecule has 0 saturated carbocycles. The molecule has 4 nitrogen and oxygen atoms in total. The first-order valence-electron chi connectivity index (χ1n) is 6.18. The number of hydrogen-bond acceptors (Lipinski definition) is 4. The van der Waals surface area contributed by atoms with Crippen LogP contribution >= 0.6 is 27.3 Å². The molecule has 8 heteroatoms. The van der Waals surface area contributed by atoms with E-state index in [2.05, 4.69) is 26.0 Å². The van der Waals surface area contributed by atoms with E-state index in [1.165, 1.54) is 12.1 Å². The molecule has 114 valence electrons. The van der Waals surface area contributed by atoms with Crippen LogP contribution in [0.2, 0.25) is 0 Å². The van der Waals surface area contributed by atoms with Crippen molar-refractivity contribution in [3.8, 4) is 0 Å². The number of nitrogens with one attached hydrogen (secondary N) is 2. The van der Waals surface area contributed by atoms with E-state index >= 15 is 0 Å². The summed E-state index contributed by atoms with van der Waals surface area (Å²) in [5, 5.41) is 4.92. The molecule has 2 N–H and O–H groups in total. The first kappa shape index (κ1) is 16.4. The van der Waals surface area contributed by atoms with Crippen LogP contribution in [0.1, 0.15) is 12.5 Å². The Balaban J connectivity index is 2.17. The molecule has 1 aromatic heterocycles. The molecular formula is C13H14BrFN2O2S2. The summed E-state index contributed by atoms with van der Waals surface area (Å²) in [6.07, 6.45) is 0. The number of halogens is 2.